The third-order valence-corrected chi connectivity index (χ3v) is 14.7. The number of aliphatic hydroxyl groups is 1. The molecule has 1 aliphatic heterocycles. The van der Waals surface area contributed by atoms with Crippen molar-refractivity contribution in [1.29, 1.82) is 0 Å². The number of rotatable bonds is 21. The number of likely N-dealkylation sites (tertiary alicyclic amines) is 1. The van der Waals surface area contributed by atoms with Crippen LogP contribution in [0.15, 0.2) is 120 Å². The SMILES string of the molecule is CC1=CC=C(C)C1c1cc(C(N)=O)c2c3cc(OCCCOCCCOCC(=O)N[C@H](C(=O)N4C[C@H](O)C[C@H]4C(=O)NCc4ccc(-c5sccc5C)cc4)C(C)(C)C)ccc3n(Cc3ccccc3)c2c1. The fraction of sp³-hybridized carbons (Fsp3) is 0.379. The normalized spacial score (nSPS) is 16.5. The molecule has 5 N–H and O–H groups in total. The summed E-state index contributed by atoms with van der Waals surface area (Å²) in [6, 6.07) is 28.7. The molecule has 0 radical (unpaired) electrons. The number of amides is 4. The van der Waals surface area contributed by atoms with Gasteiger partial charge in [-0.1, -0.05) is 98.7 Å². The second-order valence-electron chi connectivity index (χ2n) is 20.2. The number of carbonyl (C=O) groups excluding carboxylic acids is 4. The van der Waals surface area contributed by atoms with Crippen molar-refractivity contribution in [3.8, 4) is 16.2 Å². The zero-order chi connectivity index (χ0) is 51.1. The highest BCUT2D eigenvalue weighted by molar-refractivity contribution is 7.13. The van der Waals surface area contributed by atoms with Crippen LogP contribution in [0.4, 0.5) is 0 Å². The van der Waals surface area contributed by atoms with Gasteiger partial charge in [-0.3, -0.25) is 19.2 Å². The molecule has 2 aromatic heterocycles. The van der Waals surface area contributed by atoms with Gasteiger partial charge in [0.1, 0.15) is 24.4 Å². The number of hydrogen-bond acceptors (Lipinski definition) is 9. The van der Waals surface area contributed by atoms with Crippen LogP contribution >= 0.6 is 11.3 Å². The second-order valence-corrected chi connectivity index (χ2v) is 21.1. The Morgan fingerprint density at radius 3 is 2.22 bits per heavy atom. The Balaban J connectivity index is 0.787. The Labute approximate surface area is 426 Å². The van der Waals surface area contributed by atoms with E-state index in [4.69, 9.17) is 19.9 Å². The van der Waals surface area contributed by atoms with E-state index in [0.29, 0.717) is 50.5 Å². The predicted molar refractivity (Wildman–Crippen MR) is 284 cm³/mol. The number of benzene rings is 4. The molecule has 6 aromatic rings. The minimum absolute atomic E-state index is 0.00901. The number of thiophene rings is 1. The Bertz CT molecular complexity index is 2970. The number of ether oxygens (including phenoxy) is 3. The van der Waals surface area contributed by atoms with Crippen LogP contribution in [-0.2, 0) is 36.9 Å². The molecule has 13 nitrogen and oxygen atoms in total. The Kier molecular flexibility index (Phi) is 16.4. The van der Waals surface area contributed by atoms with Crippen molar-refractivity contribution >= 4 is 56.8 Å². The van der Waals surface area contributed by atoms with Gasteiger partial charge in [0.15, 0.2) is 0 Å². The Morgan fingerprint density at radius 1 is 0.833 bits per heavy atom. The van der Waals surface area contributed by atoms with Gasteiger partial charge in [0.2, 0.25) is 23.6 Å². The molecule has 3 atom stereocenters. The number of aliphatic hydroxyl groups excluding tert-OH is 1. The van der Waals surface area contributed by atoms with Crippen LogP contribution < -0.4 is 21.1 Å². The standard InChI is InChI=1S/C58H67N5O8S/c1-36-14-15-37(2)51(36)42-28-46(55(59)66)52-45-31-44(20-21-47(45)62(48(52)29-42)33-40-12-8-7-9-13-40)71-26-11-24-69-23-10-25-70-35-50(65)61-54(58(4,5)6)57(68)63-34-43(64)30-49(63)56(67)60-32-39-16-18-41(19-17-39)53-38(3)22-27-72-53/h7-9,12-22,27-29,31,43,49,51,54,64H,10-11,23-26,30,32-35H2,1-6H3,(H2,59,66)(H,60,67)(H,61,65)/t43-,49+,54-/m1/s1. The molecule has 14 heteroatoms. The quantitative estimate of drug-likeness (QED) is 0.0517. The molecular weight excluding hydrogens is 927 g/mol. The van der Waals surface area contributed by atoms with Crippen molar-refractivity contribution in [2.75, 3.05) is 39.6 Å². The number of fused-ring (bicyclic) bond motifs is 3. The van der Waals surface area contributed by atoms with E-state index in [-0.39, 0.29) is 44.5 Å². The van der Waals surface area contributed by atoms with Crippen LogP contribution in [0.1, 0.15) is 92.4 Å². The van der Waals surface area contributed by atoms with Gasteiger partial charge in [-0.25, -0.2) is 0 Å². The van der Waals surface area contributed by atoms with Gasteiger partial charge in [0, 0.05) is 84.9 Å². The van der Waals surface area contributed by atoms with Gasteiger partial charge < -0.3 is 45.2 Å². The summed E-state index contributed by atoms with van der Waals surface area (Å²) in [7, 11) is 0. The van der Waals surface area contributed by atoms with Crippen molar-refractivity contribution in [3.05, 3.63) is 147 Å². The largest absolute Gasteiger partial charge is 0.493 e. The van der Waals surface area contributed by atoms with E-state index in [1.54, 1.807) is 11.3 Å². The molecule has 3 heterocycles. The van der Waals surface area contributed by atoms with Crippen molar-refractivity contribution < 1.29 is 38.5 Å². The van der Waals surface area contributed by atoms with Crippen LogP contribution in [0.25, 0.3) is 32.2 Å². The van der Waals surface area contributed by atoms with Crippen LogP contribution in [0, 0.1) is 12.3 Å². The van der Waals surface area contributed by atoms with Crippen molar-refractivity contribution in [2.24, 2.45) is 11.1 Å². The predicted octanol–water partition coefficient (Wildman–Crippen LogP) is 8.97. The lowest BCUT2D eigenvalue weighted by Crippen LogP contribution is -2.58. The number of carbonyl (C=O) groups is 4. The third-order valence-electron chi connectivity index (χ3n) is 13.6. The number of nitrogens with zero attached hydrogens (tertiary/aromatic N) is 2. The van der Waals surface area contributed by atoms with Crippen LogP contribution in [0.2, 0.25) is 0 Å². The first-order chi connectivity index (χ1) is 34.6. The first-order valence-corrected chi connectivity index (χ1v) is 25.7. The number of aromatic nitrogens is 1. The van der Waals surface area contributed by atoms with E-state index in [0.717, 1.165) is 44.1 Å². The molecule has 2 aliphatic rings. The molecule has 1 fully saturated rings. The van der Waals surface area contributed by atoms with E-state index in [1.807, 2.05) is 87.5 Å². The summed E-state index contributed by atoms with van der Waals surface area (Å²) in [4.78, 5) is 56.4. The van der Waals surface area contributed by atoms with E-state index in [9.17, 15) is 24.3 Å². The van der Waals surface area contributed by atoms with E-state index >= 15 is 0 Å². The van der Waals surface area contributed by atoms with E-state index in [2.05, 4.69) is 77.8 Å². The number of nitrogens with one attached hydrogen (secondary N) is 2. The average Bonchev–Trinajstić information content (AvgIpc) is 4.14. The third kappa shape index (κ3) is 12.0. The summed E-state index contributed by atoms with van der Waals surface area (Å²) in [6.45, 7) is 14.0. The van der Waals surface area contributed by atoms with Crippen molar-refractivity contribution in [2.45, 2.75) is 98.0 Å². The lowest BCUT2D eigenvalue weighted by atomic mass is 9.85. The molecule has 0 unspecified atom stereocenters. The summed E-state index contributed by atoms with van der Waals surface area (Å²) >= 11 is 1.68. The van der Waals surface area contributed by atoms with Gasteiger partial charge in [-0.05, 0) is 102 Å². The molecule has 4 aromatic carbocycles. The van der Waals surface area contributed by atoms with Gasteiger partial charge >= 0.3 is 0 Å². The van der Waals surface area contributed by atoms with Crippen LogP contribution in [0.5, 0.6) is 5.75 Å². The summed E-state index contributed by atoms with van der Waals surface area (Å²) in [5.74, 6) is -0.962. The maximum absolute atomic E-state index is 14.0. The first-order valence-electron chi connectivity index (χ1n) is 24.8. The number of β-amino-alcohol motifs (C(OH)–C–C–N with tert-alkyl or cyclic N) is 1. The fourth-order valence-electron chi connectivity index (χ4n) is 9.91. The minimum atomic E-state index is -0.957. The zero-order valence-corrected chi connectivity index (χ0v) is 43.0. The minimum Gasteiger partial charge on any atom is -0.493 e. The zero-order valence-electron chi connectivity index (χ0n) is 42.2. The van der Waals surface area contributed by atoms with Crippen molar-refractivity contribution in [1.82, 2.24) is 20.1 Å². The highest BCUT2D eigenvalue weighted by Crippen LogP contribution is 2.41. The first kappa shape index (κ1) is 51.8. The molecule has 72 heavy (non-hydrogen) atoms. The lowest BCUT2D eigenvalue weighted by Gasteiger charge is -2.35. The molecule has 1 aliphatic carbocycles. The van der Waals surface area contributed by atoms with Gasteiger partial charge in [0.05, 0.1) is 18.2 Å². The maximum atomic E-state index is 14.0. The molecule has 1 saturated heterocycles. The molecule has 0 saturated carbocycles. The van der Waals surface area contributed by atoms with E-state index in [1.165, 1.54) is 26.5 Å². The lowest BCUT2D eigenvalue weighted by molar-refractivity contribution is -0.144. The molecule has 0 spiro atoms. The molecule has 4 amide bonds. The fourth-order valence-corrected chi connectivity index (χ4v) is 10.8. The molecule has 0 bridgehead atoms. The number of hydrogen-bond donors (Lipinski definition) is 4. The number of nitrogens with two attached hydrogens (primary N) is 1. The maximum Gasteiger partial charge on any atom is 0.249 e. The average molecular weight is 994 g/mol. The van der Waals surface area contributed by atoms with Crippen molar-refractivity contribution in [3.63, 3.8) is 0 Å². The topological polar surface area (TPSA) is 174 Å². The number of primary amides is 1. The highest BCUT2D eigenvalue weighted by Gasteiger charge is 2.44. The molecular formula is C58H67N5O8S. The summed E-state index contributed by atoms with van der Waals surface area (Å²) in [5.41, 5.74) is 15.7. The Morgan fingerprint density at radius 2 is 1.54 bits per heavy atom. The van der Waals surface area contributed by atoms with Gasteiger partial charge in [-0.15, -0.1) is 11.3 Å². The smallest absolute Gasteiger partial charge is 0.249 e. The van der Waals surface area contributed by atoms with Gasteiger partial charge in [-0.2, -0.15) is 0 Å². The van der Waals surface area contributed by atoms with Crippen LogP contribution in [0.3, 0.4) is 0 Å². The summed E-state index contributed by atoms with van der Waals surface area (Å²) in [5, 5.41) is 20.2. The van der Waals surface area contributed by atoms with Crippen LogP contribution in [-0.4, -0.2) is 96.0 Å². The van der Waals surface area contributed by atoms with E-state index < -0.39 is 41.3 Å². The summed E-state index contributed by atoms with van der Waals surface area (Å²) < 4.78 is 20.0. The van der Waals surface area contributed by atoms with Gasteiger partial charge in [0.25, 0.3) is 0 Å². The summed E-state index contributed by atoms with van der Waals surface area (Å²) in [6.07, 6.45) is 4.69. The Hall–Kier alpha value is -6.58. The number of aryl methyl sites for hydroxylation is 1. The molecule has 378 valence electrons. The number of allylic oxidation sites excluding steroid dienone is 4. The molecule has 8 rings (SSSR count). The monoisotopic (exact) mass is 993 g/mol. The highest BCUT2D eigenvalue weighted by atomic mass is 32.1. The second kappa shape index (κ2) is 22.9.